The third-order valence-corrected chi connectivity index (χ3v) is 5.51. The fourth-order valence-corrected chi connectivity index (χ4v) is 4.08. The summed E-state index contributed by atoms with van der Waals surface area (Å²) < 4.78 is 5.92. The first-order chi connectivity index (χ1) is 12.8. The zero-order valence-electron chi connectivity index (χ0n) is 14.5. The van der Waals surface area contributed by atoms with Gasteiger partial charge in [0.25, 0.3) is 0 Å². The summed E-state index contributed by atoms with van der Waals surface area (Å²) in [5, 5.41) is 0. The molecule has 0 heterocycles. The SMILES string of the molecule is O=C1CCc2cc(Sc3cccc(OCc4ccccc4)c3)ccc2C1. The highest BCUT2D eigenvalue weighted by Crippen LogP contribution is 2.32. The molecule has 0 spiro atoms. The molecule has 0 atom stereocenters. The molecule has 0 fully saturated rings. The second-order valence-corrected chi connectivity index (χ2v) is 7.64. The van der Waals surface area contributed by atoms with E-state index in [0.717, 1.165) is 22.6 Å². The lowest BCUT2D eigenvalue weighted by Crippen LogP contribution is -2.12. The maximum Gasteiger partial charge on any atom is 0.137 e. The van der Waals surface area contributed by atoms with E-state index >= 15 is 0 Å². The minimum absolute atomic E-state index is 0.348. The van der Waals surface area contributed by atoms with Crippen LogP contribution >= 0.6 is 11.8 Å². The van der Waals surface area contributed by atoms with Crippen LogP contribution in [0, 0.1) is 0 Å². The standard InChI is InChI=1S/C23H20O2S/c24-20-11-9-19-14-23(12-10-18(19)13-20)26-22-8-4-7-21(15-22)25-16-17-5-2-1-3-6-17/h1-8,10,12,14-15H,9,11,13,16H2. The molecule has 0 N–H and O–H groups in total. The topological polar surface area (TPSA) is 26.3 Å². The Morgan fingerprint density at radius 2 is 1.65 bits per heavy atom. The maximum atomic E-state index is 11.6. The van der Waals surface area contributed by atoms with E-state index in [1.165, 1.54) is 16.0 Å². The van der Waals surface area contributed by atoms with Crippen molar-refractivity contribution in [1.29, 1.82) is 0 Å². The van der Waals surface area contributed by atoms with Crippen LogP contribution in [0.3, 0.4) is 0 Å². The summed E-state index contributed by atoms with van der Waals surface area (Å²) >= 11 is 1.73. The first kappa shape index (κ1) is 16.9. The van der Waals surface area contributed by atoms with Gasteiger partial charge in [0, 0.05) is 22.6 Å². The number of carbonyl (C=O) groups excluding carboxylic acids is 1. The molecule has 130 valence electrons. The first-order valence-corrected chi connectivity index (χ1v) is 9.66. The quantitative estimate of drug-likeness (QED) is 0.603. The van der Waals surface area contributed by atoms with Gasteiger partial charge in [0.1, 0.15) is 18.1 Å². The van der Waals surface area contributed by atoms with Crippen LogP contribution in [0.4, 0.5) is 0 Å². The molecule has 0 aliphatic heterocycles. The fourth-order valence-electron chi connectivity index (χ4n) is 3.15. The number of benzene rings is 3. The van der Waals surface area contributed by atoms with Crippen molar-refractivity contribution in [2.24, 2.45) is 0 Å². The highest BCUT2D eigenvalue weighted by molar-refractivity contribution is 7.99. The average Bonchev–Trinajstić information content (AvgIpc) is 2.68. The van der Waals surface area contributed by atoms with Crippen LogP contribution in [0.1, 0.15) is 23.1 Å². The second kappa shape index (κ2) is 7.79. The second-order valence-electron chi connectivity index (χ2n) is 6.50. The molecule has 3 aromatic rings. The molecule has 3 aromatic carbocycles. The van der Waals surface area contributed by atoms with Crippen molar-refractivity contribution in [2.45, 2.75) is 35.7 Å². The zero-order valence-corrected chi connectivity index (χ0v) is 15.3. The van der Waals surface area contributed by atoms with Crippen molar-refractivity contribution in [2.75, 3.05) is 0 Å². The van der Waals surface area contributed by atoms with E-state index in [4.69, 9.17) is 4.74 Å². The van der Waals surface area contributed by atoms with Crippen molar-refractivity contribution in [3.05, 3.63) is 89.5 Å². The molecular formula is C23H20O2S. The van der Waals surface area contributed by atoms with Crippen molar-refractivity contribution in [3.8, 4) is 5.75 Å². The van der Waals surface area contributed by atoms with Crippen molar-refractivity contribution >= 4 is 17.5 Å². The summed E-state index contributed by atoms with van der Waals surface area (Å²) in [4.78, 5) is 13.9. The number of aryl methyl sites for hydroxylation is 1. The molecule has 0 bridgehead atoms. The zero-order chi connectivity index (χ0) is 17.8. The molecule has 0 aromatic heterocycles. The molecule has 0 saturated heterocycles. The van der Waals surface area contributed by atoms with Crippen molar-refractivity contribution < 1.29 is 9.53 Å². The average molecular weight is 360 g/mol. The summed E-state index contributed by atoms with van der Waals surface area (Å²) in [5.74, 6) is 1.23. The van der Waals surface area contributed by atoms with Crippen LogP contribution in [0.15, 0.2) is 82.6 Å². The molecule has 1 aliphatic carbocycles. The summed E-state index contributed by atoms with van der Waals surface area (Å²) in [5.41, 5.74) is 3.66. The lowest BCUT2D eigenvalue weighted by Gasteiger charge is -2.16. The number of rotatable bonds is 5. The largest absolute Gasteiger partial charge is 0.489 e. The van der Waals surface area contributed by atoms with E-state index < -0.39 is 0 Å². The highest BCUT2D eigenvalue weighted by atomic mass is 32.2. The Bertz CT molecular complexity index is 919. The minimum Gasteiger partial charge on any atom is -0.489 e. The van der Waals surface area contributed by atoms with Crippen LogP contribution in [0.25, 0.3) is 0 Å². The van der Waals surface area contributed by atoms with Gasteiger partial charge in [0.15, 0.2) is 0 Å². The van der Waals surface area contributed by atoms with Gasteiger partial charge in [0.05, 0.1) is 0 Å². The predicted molar refractivity (Wildman–Crippen MR) is 105 cm³/mol. The summed E-state index contributed by atoms with van der Waals surface area (Å²) in [7, 11) is 0. The summed E-state index contributed by atoms with van der Waals surface area (Å²) in [6.45, 7) is 0.571. The Hall–Kier alpha value is -2.52. The summed E-state index contributed by atoms with van der Waals surface area (Å²) in [6.07, 6.45) is 2.12. The number of Topliss-reactive ketones (excluding diaryl/α,β-unsaturated/α-hetero) is 1. The van der Waals surface area contributed by atoms with Crippen LogP contribution in [-0.4, -0.2) is 5.78 Å². The Labute approximate surface area is 158 Å². The monoisotopic (exact) mass is 360 g/mol. The molecular weight excluding hydrogens is 340 g/mol. The fraction of sp³-hybridized carbons (Fsp3) is 0.174. The third kappa shape index (κ3) is 4.17. The van der Waals surface area contributed by atoms with Crippen molar-refractivity contribution in [1.82, 2.24) is 0 Å². The van der Waals surface area contributed by atoms with Gasteiger partial charge < -0.3 is 4.74 Å². The van der Waals surface area contributed by atoms with E-state index in [1.54, 1.807) is 11.8 Å². The van der Waals surface area contributed by atoms with Gasteiger partial charge in [-0.05, 0) is 53.4 Å². The van der Waals surface area contributed by atoms with E-state index in [2.05, 4.69) is 42.5 Å². The van der Waals surface area contributed by atoms with E-state index in [1.807, 2.05) is 30.3 Å². The van der Waals surface area contributed by atoms with Crippen LogP contribution in [-0.2, 0) is 24.2 Å². The third-order valence-electron chi connectivity index (χ3n) is 4.53. The molecule has 0 saturated carbocycles. The number of ketones is 1. The molecule has 0 amide bonds. The Morgan fingerprint density at radius 3 is 2.54 bits per heavy atom. The molecule has 2 nitrogen and oxygen atoms in total. The van der Waals surface area contributed by atoms with Gasteiger partial charge in [-0.3, -0.25) is 4.79 Å². The molecule has 26 heavy (non-hydrogen) atoms. The summed E-state index contributed by atoms with van der Waals surface area (Å²) in [6, 6.07) is 24.8. The first-order valence-electron chi connectivity index (χ1n) is 8.84. The number of ether oxygens (including phenoxy) is 1. The van der Waals surface area contributed by atoms with E-state index in [0.29, 0.717) is 25.2 Å². The molecule has 0 unspecified atom stereocenters. The highest BCUT2D eigenvalue weighted by Gasteiger charge is 2.15. The van der Waals surface area contributed by atoms with E-state index in [-0.39, 0.29) is 0 Å². The molecule has 0 radical (unpaired) electrons. The van der Waals surface area contributed by atoms with Gasteiger partial charge in [-0.1, -0.05) is 54.2 Å². The van der Waals surface area contributed by atoms with E-state index in [9.17, 15) is 4.79 Å². The smallest absolute Gasteiger partial charge is 0.137 e. The lowest BCUT2D eigenvalue weighted by atomic mass is 9.91. The van der Waals surface area contributed by atoms with Crippen LogP contribution in [0.2, 0.25) is 0 Å². The maximum absolute atomic E-state index is 11.6. The lowest BCUT2D eigenvalue weighted by molar-refractivity contribution is -0.118. The van der Waals surface area contributed by atoms with Crippen LogP contribution in [0.5, 0.6) is 5.75 Å². The number of hydrogen-bond acceptors (Lipinski definition) is 3. The van der Waals surface area contributed by atoms with Gasteiger partial charge >= 0.3 is 0 Å². The Balaban J connectivity index is 1.44. The van der Waals surface area contributed by atoms with Crippen molar-refractivity contribution in [3.63, 3.8) is 0 Å². The Morgan fingerprint density at radius 1 is 0.808 bits per heavy atom. The van der Waals surface area contributed by atoms with Crippen LogP contribution < -0.4 is 4.74 Å². The molecule has 4 rings (SSSR count). The van der Waals surface area contributed by atoms with Gasteiger partial charge in [-0.2, -0.15) is 0 Å². The predicted octanol–water partition coefficient (Wildman–Crippen LogP) is 5.47. The van der Waals surface area contributed by atoms with Gasteiger partial charge in [-0.25, -0.2) is 0 Å². The van der Waals surface area contributed by atoms with Gasteiger partial charge in [-0.15, -0.1) is 0 Å². The molecule has 3 heteroatoms. The number of hydrogen-bond donors (Lipinski definition) is 0. The van der Waals surface area contributed by atoms with Gasteiger partial charge in [0.2, 0.25) is 0 Å². The normalized spacial score (nSPS) is 13.3. The number of carbonyl (C=O) groups is 1. The minimum atomic E-state index is 0.348. The molecule has 1 aliphatic rings. The number of fused-ring (bicyclic) bond motifs is 1. The Kier molecular flexibility index (Phi) is 5.07.